The highest BCUT2D eigenvalue weighted by atomic mass is 79.9. The molecule has 110 valence electrons. The molecule has 0 aliphatic heterocycles. The molecular weight excluding hydrogens is 410 g/mol. The van der Waals surface area contributed by atoms with Crippen molar-refractivity contribution < 1.29 is 9.66 Å². The van der Waals surface area contributed by atoms with Gasteiger partial charge in [0.05, 0.1) is 22.2 Å². The quantitative estimate of drug-likeness (QED) is 0.578. The van der Waals surface area contributed by atoms with E-state index in [2.05, 4.69) is 47.1 Å². The van der Waals surface area contributed by atoms with Crippen molar-refractivity contribution in [3.05, 3.63) is 37.5 Å². The molecule has 8 nitrogen and oxygen atoms in total. The fourth-order valence-corrected chi connectivity index (χ4v) is 2.83. The number of aromatic nitrogens is 2. The Balaban J connectivity index is 2.48. The lowest BCUT2D eigenvalue weighted by Gasteiger charge is -2.11. The molecule has 0 fully saturated rings. The van der Waals surface area contributed by atoms with Crippen molar-refractivity contribution in [3.8, 4) is 5.75 Å². The zero-order chi connectivity index (χ0) is 15.6. The van der Waals surface area contributed by atoms with Crippen molar-refractivity contribution in [1.29, 1.82) is 0 Å². The largest absolute Gasteiger partial charge is 0.495 e. The van der Waals surface area contributed by atoms with Crippen LogP contribution in [-0.2, 0) is 0 Å². The minimum absolute atomic E-state index is 0.00224. The summed E-state index contributed by atoms with van der Waals surface area (Å²) in [5.74, 6) is 0.348. The van der Waals surface area contributed by atoms with E-state index in [0.29, 0.717) is 15.9 Å². The number of nitro groups is 1. The molecule has 2 rings (SSSR count). The Bertz CT molecular complexity index is 710. The van der Waals surface area contributed by atoms with Crippen LogP contribution in [0.1, 0.15) is 0 Å². The Morgan fingerprint density at radius 1 is 1.33 bits per heavy atom. The number of halogens is 2. The average molecular weight is 419 g/mol. The topological polar surface area (TPSA) is 116 Å². The molecule has 0 bridgehead atoms. The van der Waals surface area contributed by atoms with Gasteiger partial charge in [-0.05, 0) is 37.9 Å². The van der Waals surface area contributed by atoms with E-state index >= 15 is 0 Å². The molecule has 2 aromatic rings. The number of hydrogen-bond acceptors (Lipinski definition) is 7. The highest BCUT2D eigenvalue weighted by Gasteiger charge is 2.22. The van der Waals surface area contributed by atoms with Crippen LogP contribution in [0.5, 0.6) is 5.75 Å². The van der Waals surface area contributed by atoms with Crippen LogP contribution in [0.15, 0.2) is 27.4 Å². The van der Waals surface area contributed by atoms with Crippen molar-refractivity contribution >= 4 is 54.9 Å². The van der Waals surface area contributed by atoms with Crippen molar-refractivity contribution in [2.45, 2.75) is 0 Å². The molecule has 3 N–H and O–H groups in total. The lowest BCUT2D eigenvalue weighted by molar-refractivity contribution is -0.383. The number of nitrogens with zero attached hydrogens (tertiary/aromatic N) is 3. The molecule has 0 saturated carbocycles. The van der Waals surface area contributed by atoms with Gasteiger partial charge >= 0.3 is 5.69 Å². The first-order valence-corrected chi connectivity index (χ1v) is 7.07. The number of methoxy groups -OCH3 is 1. The predicted octanol–water partition coefficient (Wildman–Crippen LogP) is 3.24. The lowest BCUT2D eigenvalue weighted by atomic mass is 10.3. The Morgan fingerprint density at radius 2 is 2.05 bits per heavy atom. The Labute approximate surface area is 136 Å². The molecule has 0 saturated heterocycles. The summed E-state index contributed by atoms with van der Waals surface area (Å²) in [4.78, 5) is 17.9. The van der Waals surface area contributed by atoms with Crippen molar-refractivity contribution in [2.75, 3.05) is 18.2 Å². The van der Waals surface area contributed by atoms with E-state index in [1.54, 1.807) is 12.1 Å². The average Bonchev–Trinajstić information content (AvgIpc) is 2.41. The van der Waals surface area contributed by atoms with Gasteiger partial charge in [-0.15, -0.1) is 0 Å². The SMILES string of the molecule is COc1cc(Nc2ncnc(N)c2[N+](=O)[O-])c(Br)cc1Br. The van der Waals surface area contributed by atoms with Gasteiger partial charge in [-0.2, -0.15) is 0 Å². The predicted molar refractivity (Wildman–Crippen MR) is 84.8 cm³/mol. The molecule has 1 aromatic heterocycles. The van der Waals surface area contributed by atoms with Crippen LogP contribution >= 0.6 is 31.9 Å². The van der Waals surface area contributed by atoms with Gasteiger partial charge in [-0.1, -0.05) is 0 Å². The number of hydrogen-bond donors (Lipinski definition) is 2. The Morgan fingerprint density at radius 3 is 2.67 bits per heavy atom. The van der Waals surface area contributed by atoms with Crippen LogP contribution in [0.3, 0.4) is 0 Å². The second kappa shape index (κ2) is 6.22. The Hall–Kier alpha value is -1.94. The molecule has 1 heterocycles. The van der Waals surface area contributed by atoms with Crippen molar-refractivity contribution in [2.24, 2.45) is 0 Å². The van der Waals surface area contributed by atoms with E-state index in [-0.39, 0.29) is 17.3 Å². The second-order valence-electron chi connectivity index (χ2n) is 3.80. The smallest absolute Gasteiger partial charge is 0.353 e. The summed E-state index contributed by atoms with van der Waals surface area (Å²) in [5.41, 5.74) is 5.67. The maximum atomic E-state index is 11.1. The molecular formula is C11H9Br2N5O3. The summed E-state index contributed by atoms with van der Waals surface area (Å²) in [6, 6.07) is 3.41. The summed E-state index contributed by atoms with van der Waals surface area (Å²) in [5, 5.41) is 13.9. The van der Waals surface area contributed by atoms with Crippen LogP contribution in [0.2, 0.25) is 0 Å². The van der Waals surface area contributed by atoms with E-state index in [4.69, 9.17) is 10.5 Å². The molecule has 0 radical (unpaired) electrons. The molecule has 0 unspecified atom stereocenters. The van der Waals surface area contributed by atoms with E-state index in [1.807, 2.05) is 0 Å². The van der Waals surface area contributed by atoms with E-state index in [0.717, 1.165) is 10.8 Å². The van der Waals surface area contributed by atoms with Crippen LogP contribution in [-0.4, -0.2) is 22.0 Å². The number of anilines is 3. The number of ether oxygens (including phenoxy) is 1. The van der Waals surface area contributed by atoms with Gasteiger partial charge in [0, 0.05) is 10.5 Å². The minimum Gasteiger partial charge on any atom is -0.495 e. The van der Waals surface area contributed by atoms with Gasteiger partial charge in [-0.3, -0.25) is 10.1 Å². The van der Waals surface area contributed by atoms with Crippen LogP contribution in [0, 0.1) is 10.1 Å². The van der Waals surface area contributed by atoms with E-state index in [1.165, 1.54) is 7.11 Å². The van der Waals surface area contributed by atoms with Gasteiger partial charge in [0.25, 0.3) is 0 Å². The first-order valence-electron chi connectivity index (χ1n) is 5.49. The second-order valence-corrected chi connectivity index (χ2v) is 5.51. The minimum atomic E-state index is -0.637. The summed E-state index contributed by atoms with van der Waals surface area (Å²) in [6.45, 7) is 0. The standard InChI is InChI=1S/C11H9Br2N5O3/c1-21-8-3-7(5(12)2-6(8)13)17-11-9(18(19)20)10(14)15-4-16-11/h2-4H,1H3,(H3,14,15,16,17). The number of nitrogens with two attached hydrogens (primary N) is 1. The van der Waals surface area contributed by atoms with Crippen molar-refractivity contribution in [1.82, 2.24) is 9.97 Å². The summed E-state index contributed by atoms with van der Waals surface area (Å²) in [7, 11) is 1.52. The maximum absolute atomic E-state index is 11.1. The third kappa shape index (κ3) is 3.22. The van der Waals surface area contributed by atoms with Gasteiger partial charge in [0.2, 0.25) is 11.6 Å². The zero-order valence-electron chi connectivity index (χ0n) is 10.6. The van der Waals surface area contributed by atoms with Crippen LogP contribution < -0.4 is 15.8 Å². The Kier molecular flexibility index (Phi) is 4.58. The molecule has 0 amide bonds. The monoisotopic (exact) mass is 417 g/mol. The van der Waals surface area contributed by atoms with Gasteiger partial charge < -0.3 is 15.8 Å². The van der Waals surface area contributed by atoms with Gasteiger partial charge in [-0.25, -0.2) is 9.97 Å². The number of nitrogen functional groups attached to an aromatic ring is 1. The lowest BCUT2D eigenvalue weighted by Crippen LogP contribution is -2.05. The molecule has 0 aliphatic rings. The summed E-state index contributed by atoms with van der Waals surface area (Å²) in [6.07, 6.45) is 1.15. The molecule has 10 heteroatoms. The third-order valence-electron chi connectivity index (χ3n) is 2.53. The van der Waals surface area contributed by atoms with E-state index < -0.39 is 4.92 Å². The summed E-state index contributed by atoms with van der Waals surface area (Å²) >= 11 is 6.70. The molecule has 21 heavy (non-hydrogen) atoms. The molecule has 1 aromatic carbocycles. The van der Waals surface area contributed by atoms with Crippen LogP contribution in [0.4, 0.5) is 23.0 Å². The molecule has 0 atom stereocenters. The highest BCUT2D eigenvalue weighted by Crippen LogP contribution is 2.37. The third-order valence-corrected chi connectivity index (χ3v) is 3.80. The summed E-state index contributed by atoms with van der Waals surface area (Å²) < 4.78 is 6.58. The normalized spacial score (nSPS) is 10.2. The molecule has 0 spiro atoms. The van der Waals surface area contributed by atoms with Crippen molar-refractivity contribution in [3.63, 3.8) is 0 Å². The highest BCUT2D eigenvalue weighted by molar-refractivity contribution is 9.11. The molecule has 0 aliphatic carbocycles. The first kappa shape index (κ1) is 15.4. The maximum Gasteiger partial charge on any atom is 0.353 e. The zero-order valence-corrected chi connectivity index (χ0v) is 13.8. The van der Waals surface area contributed by atoms with Gasteiger partial charge in [0.15, 0.2) is 0 Å². The first-order chi connectivity index (χ1) is 9.93. The number of benzene rings is 1. The fourth-order valence-electron chi connectivity index (χ4n) is 1.57. The van der Waals surface area contributed by atoms with Crippen LogP contribution in [0.25, 0.3) is 0 Å². The van der Waals surface area contributed by atoms with Gasteiger partial charge in [0.1, 0.15) is 12.1 Å². The number of rotatable bonds is 4. The number of nitrogens with one attached hydrogen (secondary N) is 1. The van der Waals surface area contributed by atoms with E-state index in [9.17, 15) is 10.1 Å². The fraction of sp³-hybridized carbons (Fsp3) is 0.0909.